The highest BCUT2D eigenvalue weighted by atomic mass is 19.4. The van der Waals surface area contributed by atoms with Crippen LogP contribution in [0.3, 0.4) is 0 Å². The van der Waals surface area contributed by atoms with Crippen LogP contribution in [0.4, 0.5) is 24.5 Å². The van der Waals surface area contributed by atoms with Crippen molar-refractivity contribution < 1.29 is 13.2 Å². The minimum Gasteiger partial charge on any atom is -0.340 e. The summed E-state index contributed by atoms with van der Waals surface area (Å²) in [6.45, 7) is 4.78. The Morgan fingerprint density at radius 3 is 2.31 bits per heavy atom. The molecule has 3 nitrogen and oxygen atoms in total. The Bertz CT molecular complexity index is 752. The van der Waals surface area contributed by atoms with Gasteiger partial charge in [0.25, 0.3) is 0 Å². The fourth-order valence-electron chi connectivity index (χ4n) is 3.94. The first-order valence-corrected chi connectivity index (χ1v) is 9.00. The van der Waals surface area contributed by atoms with Crippen LogP contribution in [0.5, 0.6) is 0 Å². The van der Waals surface area contributed by atoms with Crippen molar-refractivity contribution in [3.05, 3.63) is 59.7 Å². The Labute approximate surface area is 151 Å². The number of anilines is 2. The number of fused-ring (bicyclic) bond motifs is 1. The first-order valence-electron chi connectivity index (χ1n) is 9.00. The van der Waals surface area contributed by atoms with E-state index in [0.717, 1.165) is 50.5 Å². The molecule has 0 amide bonds. The largest absolute Gasteiger partial charge is 0.416 e. The van der Waals surface area contributed by atoms with Crippen molar-refractivity contribution in [2.45, 2.75) is 18.6 Å². The van der Waals surface area contributed by atoms with Crippen LogP contribution in [-0.4, -0.2) is 43.7 Å². The van der Waals surface area contributed by atoms with E-state index in [1.54, 1.807) is 12.1 Å². The van der Waals surface area contributed by atoms with Crippen molar-refractivity contribution in [3.63, 3.8) is 0 Å². The molecule has 1 fully saturated rings. The molecular weight excluding hydrogens is 339 g/mol. The maximum atomic E-state index is 12.9. The molecule has 138 valence electrons. The summed E-state index contributed by atoms with van der Waals surface area (Å²) in [5, 5.41) is 3.37. The third-order valence-corrected chi connectivity index (χ3v) is 5.31. The molecule has 0 aromatic heterocycles. The quantitative estimate of drug-likeness (QED) is 0.881. The summed E-state index contributed by atoms with van der Waals surface area (Å²) in [6.07, 6.45) is -3.32. The van der Waals surface area contributed by atoms with Gasteiger partial charge in [0.15, 0.2) is 0 Å². The Kier molecular flexibility index (Phi) is 4.63. The molecule has 4 rings (SSSR count). The van der Waals surface area contributed by atoms with Gasteiger partial charge in [-0.3, -0.25) is 4.90 Å². The molecule has 26 heavy (non-hydrogen) atoms. The van der Waals surface area contributed by atoms with E-state index in [0.29, 0.717) is 6.04 Å². The molecule has 0 radical (unpaired) electrons. The van der Waals surface area contributed by atoms with Crippen LogP contribution >= 0.6 is 0 Å². The van der Waals surface area contributed by atoms with E-state index < -0.39 is 11.7 Å². The molecule has 2 heterocycles. The maximum Gasteiger partial charge on any atom is 0.416 e. The highest BCUT2D eigenvalue weighted by Crippen LogP contribution is 2.36. The highest BCUT2D eigenvalue weighted by molar-refractivity contribution is 5.68. The van der Waals surface area contributed by atoms with Crippen molar-refractivity contribution >= 4 is 11.4 Å². The third-order valence-electron chi connectivity index (χ3n) is 5.31. The molecule has 1 atom stereocenters. The van der Waals surface area contributed by atoms with Gasteiger partial charge in [-0.1, -0.05) is 18.2 Å². The maximum absolute atomic E-state index is 12.9. The van der Waals surface area contributed by atoms with E-state index >= 15 is 0 Å². The average Bonchev–Trinajstić information content (AvgIpc) is 2.67. The monoisotopic (exact) mass is 361 g/mol. The minimum atomic E-state index is -4.30. The Morgan fingerprint density at radius 2 is 1.62 bits per heavy atom. The molecule has 0 spiro atoms. The third kappa shape index (κ3) is 3.44. The minimum absolute atomic E-state index is 0.370. The Hall–Kier alpha value is -2.05. The van der Waals surface area contributed by atoms with Crippen molar-refractivity contribution in [1.29, 1.82) is 0 Å². The van der Waals surface area contributed by atoms with Gasteiger partial charge < -0.3 is 10.2 Å². The van der Waals surface area contributed by atoms with Crippen LogP contribution < -0.4 is 10.2 Å². The van der Waals surface area contributed by atoms with Gasteiger partial charge in [-0.15, -0.1) is 0 Å². The van der Waals surface area contributed by atoms with Crippen molar-refractivity contribution in [2.24, 2.45) is 0 Å². The number of nitrogens with zero attached hydrogens (tertiary/aromatic N) is 2. The zero-order valence-electron chi connectivity index (χ0n) is 14.5. The number of benzene rings is 2. The molecule has 1 saturated heterocycles. The zero-order valence-corrected chi connectivity index (χ0v) is 14.5. The molecule has 0 saturated carbocycles. The molecule has 2 aliphatic rings. The summed E-state index contributed by atoms with van der Waals surface area (Å²) in [7, 11) is 0. The summed E-state index contributed by atoms with van der Waals surface area (Å²) >= 11 is 0. The number of hydrogen-bond donors (Lipinski definition) is 1. The van der Waals surface area contributed by atoms with E-state index in [4.69, 9.17) is 0 Å². The van der Waals surface area contributed by atoms with E-state index in [9.17, 15) is 13.2 Å². The molecule has 0 aliphatic carbocycles. The number of para-hydroxylation sites is 1. The summed E-state index contributed by atoms with van der Waals surface area (Å²) in [6, 6.07) is 14.1. The number of halogens is 3. The van der Waals surface area contributed by atoms with Gasteiger partial charge in [-0.2, -0.15) is 13.2 Å². The number of piperazine rings is 1. The second-order valence-electron chi connectivity index (χ2n) is 6.93. The molecule has 6 heteroatoms. The lowest BCUT2D eigenvalue weighted by Crippen LogP contribution is -2.53. The molecule has 0 bridgehead atoms. The fourth-order valence-corrected chi connectivity index (χ4v) is 3.94. The first-order chi connectivity index (χ1) is 12.5. The predicted octanol–water partition coefficient (Wildman–Crippen LogP) is 3.67. The van der Waals surface area contributed by atoms with Gasteiger partial charge in [0.1, 0.15) is 0 Å². The van der Waals surface area contributed by atoms with E-state index in [1.165, 1.54) is 17.7 Å². The number of hydrogen-bond acceptors (Lipinski definition) is 3. The fraction of sp³-hybridized carbons (Fsp3) is 0.400. The predicted molar refractivity (Wildman–Crippen MR) is 96.8 cm³/mol. The van der Waals surface area contributed by atoms with Crippen LogP contribution in [0.2, 0.25) is 0 Å². The smallest absolute Gasteiger partial charge is 0.340 e. The first kappa shape index (κ1) is 17.4. The molecule has 2 aromatic rings. The van der Waals surface area contributed by atoms with Gasteiger partial charge in [0, 0.05) is 50.1 Å². The normalized spacial score (nSPS) is 21.5. The lowest BCUT2D eigenvalue weighted by atomic mass is 9.95. The van der Waals surface area contributed by atoms with E-state index in [2.05, 4.69) is 27.2 Å². The summed E-state index contributed by atoms with van der Waals surface area (Å²) in [5.41, 5.74) is 2.55. The summed E-state index contributed by atoms with van der Waals surface area (Å²) < 4.78 is 38.6. The second kappa shape index (κ2) is 6.93. The summed E-state index contributed by atoms with van der Waals surface area (Å²) in [4.78, 5) is 4.65. The van der Waals surface area contributed by atoms with Crippen molar-refractivity contribution in [3.8, 4) is 0 Å². The molecule has 1 N–H and O–H groups in total. The van der Waals surface area contributed by atoms with Gasteiger partial charge in [-0.05, 0) is 42.3 Å². The summed E-state index contributed by atoms with van der Waals surface area (Å²) in [5.74, 6) is 0. The van der Waals surface area contributed by atoms with E-state index in [1.807, 2.05) is 12.1 Å². The number of nitrogens with one attached hydrogen (secondary N) is 1. The number of rotatable bonds is 2. The van der Waals surface area contributed by atoms with Crippen LogP contribution in [0.25, 0.3) is 0 Å². The standard InChI is InChI=1S/C20H22F3N3/c21-20(22,23)16-5-7-17(8-6-16)26-14-18(25-11-9-24-10-12-25)13-15-3-1-2-4-19(15)26/h1-8,18,24H,9-14H2. The SMILES string of the molecule is FC(F)(F)c1ccc(N2CC(N3CCNCC3)Cc3ccccc32)cc1. The van der Waals surface area contributed by atoms with Crippen LogP contribution in [0.15, 0.2) is 48.5 Å². The molecule has 2 aliphatic heterocycles. The zero-order chi connectivity index (χ0) is 18.1. The topological polar surface area (TPSA) is 18.5 Å². The average molecular weight is 361 g/mol. The Balaban J connectivity index is 1.65. The van der Waals surface area contributed by atoms with Crippen LogP contribution in [-0.2, 0) is 12.6 Å². The lowest BCUT2D eigenvalue weighted by Gasteiger charge is -2.42. The molecular formula is C20H22F3N3. The van der Waals surface area contributed by atoms with Gasteiger partial charge >= 0.3 is 6.18 Å². The lowest BCUT2D eigenvalue weighted by molar-refractivity contribution is -0.137. The van der Waals surface area contributed by atoms with Gasteiger partial charge in [0.2, 0.25) is 0 Å². The van der Waals surface area contributed by atoms with Gasteiger partial charge in [0.05, 0.1) is 5.56 Å². The van der Waals surface area contributed by atoms with Crippen molar-refractivity contribution in [2.75, 3.05) is 37.6 Å². The second-order valence-corrected chi connectivity index (χ2v) is 6.93. The van der Waals surface area contributed by atoms with Crippen molar-refractivity contribution in [1.82, 2.24) is 10.2 Å². The Morgan fingerprint density at radius 1 is 0.923 bits per heavy atom. The van der Waals surface area contributed by atoms with Crippen LogP contribution in [0, 0.1) is 0 Å². The number of alkyl halides is 3. The van der Waals surface area contributed by atoms with Crippen LogP contribution in [0.1, 0.15) is 11.1 Å². The molecule has 1 unspecified atom stereocenters. The molecule has 2 aromatic carbocycles. The van der Waals surface area contributed by atoms with Gasteiger partial charge in [-0.25, -0.2) is 0 Å². The highest BCUT2D eigenvalue weighted by Gasteiger charge is 2.32. The van der Waals surface area contributed by atoms with E-state index in [-0.39, 0.29) is 0 Å².